The van der Waals surface area contributed by atoms with Gasteiger partial charge in [0.2, 0.25) is 0 Å². The smallest absolute Gasteiger partial charge is 0.335 e. The Morgan fingerprint density at radius 1 is 1.20 bits per heavy atom. The summed E-state index contributed by atoms with van der Waals surface area (Å²) in [6.45, 7) is 1.75. The van der Waals surface area contributed by atoms with E-state index in [1.807, 2.05) is 24.3 Å². The number of carbonyl (C=O) groups excluding carboxylic acids is 1. The van der Waals surface area contributed by atoms with E-state index >= 15 is 0 Å². The second-order valence-corrected chi connectivity index (χ2v) is 6.58. The highest BCUT2D eigenvalue weighted by molar-refractivity contribution is 6.30. The van der Waals surface area contributed by atoms with Gasteiger partial charge in [-0.25, -0.2) is 9.59 Å². The average Bonchev–Trinajstić information content (AvgIpc) is 3.10. The highest BCUT2D eigenvalue weighted by atomic mass is 35.5. The Kier molecular flexibility index (Phi) is 5.24. The van der Waals surface area contributed by atoms with Crippen LogP contribution in [0.1, 0.15) is 33.8 Å². The number of likely N-dealkylation sites (tertiary alicyclic amines) is 1. The molecule has 0 saturated carbocycles. The number of urea groups is 1. The summed E-state index contributed by atoms with van der Waals surface area (Å²) in [6.07, 6.45) is 0.918. The van der Waals surface area contributed by atoms with Crippen LogP contribution in [-0.2, 0) is 6.54 Å². The fraction of sp³-hybridized carbons (Fsp3) is 0.263. The molecule has 1 unspecified atom stereocenters. The van der Waals surface area contributed by atoms with E-state index in [4.69, 9.17) is 16.7 Å². The first kappa shape index (κ1) is 17.3. The summed E-state index contributed by atoms with van der Waals surface area (Å²) in [5.41, 5.74) is 2.26. The number of nitrogens with zero attached hydrogens (tertiary/aromatic N) is 1. The van der Waals surface area contributed by atoms with Crippen molar-refractivity contribution < 1.29 is 14.7 Å². The number of aromatic carboxylic acids is 1. The molecule has 2 aromatic carbocycles. The van der Waals surface area contributed by atoms with Crippen LogP contribution in [0.25, 0.3) is 0 Å². The van der Waals surface area contributed by atoms with Gasteiger partial charge in [-0.3, -0.25) is 0 Å². The normalized spacial score (nSPS) is 16.7. The summed E-state index contributed by atoms with van der Waals surface area (Å²) in [6, 6.07) is 14.2. The van der Waals surface area contributed by atoms with Crippen LogP contribution < -0.4 is 5.32 Å². The summed E-state index contributed by atoms with van der Waals surface area (Å²) < 4.78 is 0. The standard InChI is InChI=1S/C19H19ClN2O3/c20-17-3-1-2-15(10-17)16-8-9-22(12-16)19(25)21-11-13-4-6-14(7-5-13)18(23)24/h1-7,10,16H,8-9,11-12H2,(H,21,25)(H,23,24). The molecule has 1 atom stereocenters. The predicted molar refractivity (Wildman–Crippen MR) is 96.0 cm³/mol. The number of halogens is 1. The number of nitrogens with one attached hydrogen (secondary N) is 1. The van der Waals surface area contributed by atoms with Gasteiger partial charge < -0.3 is 15.3 Å². The summed E-state index contributed by atoms with van der Waals surface area (Å²) >= 11 is 6.04. The Hall–Kier alpha value is -2.53. The molecule has 0 spiro atoms. The summed E-state index contributed by atoms with van der Waals surface area (Å²) in [5.74, 6) is -0.654. The second-order valence-electron chi connectivity index (χ2n) is 6.15. The highest BCUT2D eigenvalue weighted by Crippen LogP contribution is 2.28. The van der Waals surface area contributed by atoms with Gasteiger partial charge >= 0.3 is 12.0 Å². The minimum atomic E-state index is -0.959. The van der Waals surface area contributed by atoms with E-state index in [9.17, 15) is 9.59 Å². The van der Waals surface area contributed by atoms with Crippen LogP contribution in [0.15, 0.2) is 48.5 Å². The van der Waals surface area contributed by atoms with E-state index < -0.39 is 5.97 Å². The largest absolute Gasteiger partial charge is 0.478 e. The molecule has 2 aromatic rings. The molecule has 1 saturated heterocycles. The zero-order valence-corrected chi connectivity index (χ0v) is 14.4. The predicted octanol–water partition coefficient (Wildman–Crippen LogP) is 3.74. The van der Waals surface area contributed by atoms with Gasteiger partial charge in [-0.2, -0.15) is 0 Å². The maximum Gasteiger partial charge on any atom is 0.335 e. The lowest BCUT2D eigenvalue weighted by Gasteiger charge is -2.18. The van der Waals surface area contributed by atoms with Crippen molar-refractivity contribution in [2.24, 2.45) is 0 Å². The van der Waals surface area contributed by atoms with Gasteiger partial charge in [0, 0.05) is 30.6 Å². The van der Waals surface area contributed by atoms with Crippen LogP contribution in [0.5, 0.6) is 0 Å². The van der Waals surface area contributed by atoms with Crippen molar-refractivity contribution in [2.75, 3.05) is 13.1 Å². The molecule has 0 bridgehead atoms. The van der Waals surface area contributed by atoms with Crippen molar-refractivity contribution in [1.29, 1.82) is 0 Å². The fourth-order valence-electron chi connectivity index (χ4n) is 3.03. The van der Waals surface area contributed by atoms with Crippen LogP contribution in [0.2, 0.25) is 5.02 Å². The van der Waals surface area contributed by atoms with Crippen LogP contribution in [0.4, 0.5) is 4.79 Å². The monoisotopic (exact) mass is 358 g/mol. The van der Waals surface area contributed by atoms with Crippen molar-refractivity contribution in [3.05, 3.63) is 70.2 Å². The molecule has 1 aliphatic rings. The lowest BCUT2D eigenvalue weighted by Crippen LogP contribution is -2.37. The number of amides is 2. The van der Waals surface area contributed by atoms with E-state index in [0.717, 1.165) is 17.5 Å². The van der Waals surface area contributed by atoms with Crippen molar-refractivity contribution in [3.63, 3.8) is 0 Å². The maximum atomic E-state index is 12.3. The molecule has 5 nitrogen and oxygen atoms in total. The van der Waals surface area contributed by atoms with Crippen LogP contribution in [0, 0.1) is 0 Å². The Bertz CT molecular complexity index is 776. The zero-order valence-electron chi connectivity index (χ0n) is 13.6. The van der Waals surface area contributed by atoms with Gasteiger partial charge in [0.15, 0.2) is 0 Å². The number of rotatable bonds is 4. The van der Waals surface area contributed by atoms with E-state index in [2.05, 4.69) is 5.32 Å². The second kappa shape index (κ2) is 7.57. The average molecular weight is 359 g/mol. The minimum Gasteiger partial charge on any atom is -0.478 e. The van der Waals surface area contributed by atoms with E-state index in [0.29, 0.717) is 30.6 Å². The van der Waals surface area contributed by atoms with Gasteiger partial charge in [-0.15, -0.1) is 0 Å². The molecule has 2 amide bonds. The van der Waals surface area contributed by atoms with Crippen LogP contribution in [0.3, 0.4) is 0 Å². The summed E-state index contributed by atoms with van der Waals surface area (Å²) in [7, 11) is 0. The maximum absolute atomic E-state index is 12.3. The lowest BCUT2D eigenvalue weighted by atomic mass is 9.99. The minimum absolute atomic E-state index is 0.105. The van der Waals surface area contributed by atoms with Crippen LogP contribution >= 0.6 is 11.6 Å². The summed E-state index contributed by atoms with van der Waals surface area (Å²) in [5, 5.41) is 12.5. The number of benzene rings is 2. The third-order valence-corrected chi connectivity index (χ3v) is 4.68. The first-order valence-electron chi connectivity index (χ1n) is 8.13. The molecule has 1 fully saturated rings. The number of carboxylic acids is 1. The molecule has 0 aliphatic carbocycles. The Morgan fingerprint density at radius 3 is 2.64 bits per heavy atom. The zero-order chi connectivity index (χ0) is 17.8. The summed E-state index contributed by atoms with van der Waals surface area (Å²) in [4.78, 5) is 25.0. The van der Waals surface area contributed by atoms with Gasteiger partial charge in [-0.05, 0) is 41.8 Å². The Morgan fingerprint density at radius 2 is 1.96 bits per heavy atom. The van der Waals surface area contributed by atoms with Crippen LogP contribution in [-0.4, -0.2) is 35.1 Å². The SMILES string of the molecule is O=C(O)c1ccc(CNC(=O)N2CCC(c3cccc(Cl)c3)C2)cc1. The number of carbonyl (C=O) groups is 2. The van der Waals surface area contributed by atoms with E-state index in [-0.39, 0.29) is 11.6 Å². The third kappa shape index (κ3) is 4.31. The van der Waals surface area contributed by atoms with E-state index in [1.54, 1.807) is 17.0 Å². The van der Waals surface area contributed by atoms with Crippen molar-refractivity contribution >= 4 is 23.6 Å². The number of hydrogen-bond acceptors (Lipinski definition) is 2. The van der Waals surface area contributed by atoms with Gasteiger partial charge in [-0.1, -0.05) is 35.9 Å². The molecule has 0 aromatic heterocycles. The molecule has 6 heteroatoms. The van der Waals surface area contributed by atoms with Gasteiger partial charge in [0.1, 0.15) is 0 Å². The van der Waals surface area contributed by atoms with Gasteiger partial charge in [0.05, 0.1) is 5.56 Å². The molecule has 2 N–H and O–H groups in total. The Labute approximate surface area is 151 Å². The lowest BCUT2D eigenvalue weighted by molar-refractivity contribution is 0.0697. The first-order chi connectivity index (χ1) is 12.0. The third-order valence-electron chi connectivity index (χ3n) is 4.44. The highest BCUT2D eigenvalue weighted by Gasteiger charge is 2.27. The fourth-order valence-corrected chi connectivity index (χ4v) is 3.23. The molecule has 1 heterocycles. The number of carboxylic acid groups (broad SMARTS) is 1. The van der Waals surface area contributed by atoms with E-state index in [1.165, 1.54) is 12.1 Å². The molecule has 130 valence electrons. The van der Waals surface area contributed by atoms with Gasteiger partial charge in [0.25, 0.3) is 0 Å². The molecular formula is C19H19ClN2O3. The number of hydrogen-bond donors (Lipinski definition) is 2. The topological polar surface area (TPSA) is 69.6 Å². The van der Waals surface area contributed by atoms with Crippen molar-refractivity contribution in [3.8, 4) is 0 Å². The molecule has 1 aliphatic heterocycles. The molecule has 3 rings (SSSR count). The first-order valence-corrected chi connectivity index (χ1v) is 8.51. The Balaban J connectivity index is 1.53. The molecule has 25 heavy (non-hydrogen) atoms. The molecular weight excluding hydrogens is 340 g/mol. The van der Waals surface area contributed by atoms with Crippen molar-refractivity contribution in [2.45, 2.75) is 18.9 Å². The molecule has 0 radical (unpaired) electrons. The quantitative estimate of drug-likeness (QED) is 0.874. The van der Waals surface area contributed by atoms with Crippen molar-refractivity contribution in [1.82, 2.24) is 10.2 Å².